The first-order valence-corrected chi connectivity index (χ1v) is 8.91. The number of aryl methyl sites for hydroxylation is 1. The second-order valence-electron chi connectivity index (χ2n) is 7.60. The summed E-state index contributed by atoms with van der Waals surface area (Å²) in [4.78, 5) is 15.1. The van der Waals surface area contributed by atoms with Gasteiger partial charge in [-0.2, -0.15) is 5.10 Å². The van der Waals surface area contributed by atoms with Gasteiger partial charge in [-0.15, -0.1) is 0 Å². The van der Waals surface area contributed by atoms with Crippen molar-refractivity contribution < 1.29 is 4.79 Å². The first-order valence-electron chi connectivity index (χ1n) is 8.91. The molecule has 5 unspecified atom stereocenters. The summed E-state index contributed by atoms with van der Waals surface area (Å²) in [5.41, 5.74) is 7.45. The number of carbonyl (C=O) groups is 1. The van der Waals surface area contributed by atoms with Gasteiger partial charge in [0.25, 0.3) is 0 Å². The Balaban J connectivity index is 1.38. The van der Waals surface area contributed by atoms with Crippen LogP contribution in [0, 0.1) is 17.8 Å². The Morgan fingerprint density at radius 3 is 2.87 bits per heavy atom. The predicted molar refractivity (Wildman–Crippen MR) is 88.9 cm³/mol. The highest BCUT2D eigenvalue weighted by atomic mass is 16.2. The van der Waals surface area contributed by atoms with E-state index in [1.807, 2.05) is 24.1 Å². The summed E-state index contributed by atoms with van der Waals surface area (Å²) in [6.45, 7) is 1.90. The van der Waals surface area contributed by atoms with Crippen molar-refractivity contribution >= 4 is 11.6 Å². The molecule has 1 aromatic rings. The highest BCUT2D eigenvalue weighted by Crippen LogP contribution is 2.47. The molecule has 2 aliphatic carbocycles. The number of nitrogens with two attached hydrogens (primary N) is 1. The smallest absolute Gasteiger partial charge is 0.225 e. The van der Waals surface area contributed by atoms with Gasteiger partial charge in [0, 0.05) is 38.4 Å². The van der Waals surface area contributed by atoms with Crippen LogP contribution in [0.1, 0.15) is 32.1 Å². The number of hydrogen-bond acceptors (Lipinski definition) is 4. The summed E-state index contributed by atoms with van der Waals surface area (Å²) in [5, 5.41) is 7.54. The van der Waals surface area contributed by atoms with E-state index in [0.717, 1.165) is 38.0 Å². The fraction of sp³-hybridized carbons (Fsp3) is 0.765. The lowest BCUT2D eigenvalue weighted by atomic mass is 9.84. The highest BCUT2D eigenvalue weighted by Gasteiger charge is 2.49. The molecule has 0 spiro atoms. The molecule has 2 saturated carbocycles. The zero-order valence-electron chi connectivity index (χ0n) is 13.8. The van der Waals surface area contributed by atoms with E-state index < -0.39 is 0 Å². The number of aromatic nitrogens is 2. The van der Waals surface area contributed by atoms with E-state index in [4.69, 9.17) is 5.73 Å². The summed E-state index contributed by atoms with van der Waals surface area (Å²) in [5.74, 6) is 1.34. The Hall–Kier alpha value is -1.56. The summed E-state index contributed by atoms with van der Waals surface area (Å²) < 4.78 is 1.83. The Morgan fingerprint density at radius 2 is 2.17 bits per heavy atom. The molecule has 2 bridgehead atoms. The van der Waals surface area contributed by atoms with Crippen LogP contribution in [0.3, 0.4) is 0 Å². The van der Waals surface area contributed by atoms with Crippen LogP contribution in [0.25, 0.3) is 0 Å². The molecular weight excluding hydrogens is 290 g/mol. The van der Waals surface area contributed by atoms with E-state index in [1.165, 1.54) is 12.8 Å². The number of nitrogens with one attached hydrogen (secondary N) is 1. The molecular formula is C17H27N5O. The van der Waals surface area contributed by atoms with E-state index in [0.29, 0.717) is 11.8 Å². The number of amides is 1. The lowest BCUT2D eigenvalue weighted by molar-refractivity contribution is -0.127. The number of carbonyl (C=O) groups excluding carboxylic acids is 1. The Morgan fingerprint density at radius 1 is 1.35 bits per heavy atom. The van der Waals surface area contributed by atoms with Crippen LogP contribution in [-0.4, -0.2) is 40.9 Å². The van der Waals surface area contributed by atoms with Crippen molar-refractivity contribution in [2.24, 2.45) is 30.5 Å². The number of fused-ring (bicyclic) bond motifs is 2. The molecule has 1 saturated heterocycles. The van der Waals surface area contributed by atoms with Gasteiger partial charge >= 0.3 is 0 Å². The monoisotopic (exact) mass is 317 g/mol. The molecule has 126 valence electrons. The third kappa shape index (κ3) is 2.73. The van der Waals surface area contributed by atoms with E-state index in [2.05, 4.69) is 15.3 Å². The number of nitrogens with zero attached hydrogens (tertiary/aromatic N) is 3. The van der Waals surface area contributed by atoms with Crippen molar-refractivity contribution in [3.8, 4) is 0 Å². The number of anilines is 1. The minimum absolute atomic E-state index is 0.0440. The van der Waals surface area contributed by atoms with Crippen LogP contribution in [0.15, 0.2) is 12.4 Å². The summed E-state index contributed by atoms with van der Waals surface area (Å²) in [7, 11) is 1.93. The Kier molecular flexibility index (Phi) is 3.79. The van der Waals surface area contributed by atoms with Crippen molar-refractivity contribution in [1.82, 2.24) is 15.1 Å². The minimum atomic E-state index is 0.0440. The van der Waals surface area contributed by atoms with Crippen LogP contribution in [-0.2, 0) is 11.8 Å². The van der Waals surface area contributed by atoms with E-state index in [9.17, 15) is 4.79 Å². The second kappa shape index (κ2) is 5.82. The molecule has 4 rings (SSSR count). The van der Waals surface area contributed by atoms with Crippen LogP contribution in [0.2, 0.25) is 0 Å². The summed E-state index contributed by atoms with van der Waals surface area (Å²) in [6.07, 6.45) is 9.65. The van der Waals surface area contributed by atoms with Gasteiger partial charge in [0.05, 0.1) is 17.8 Å². The molecule has 2 heterocycles. The zero-order valence-corrected chi connectivity index (χ0v) is 13.8. The Bertz CT molecular complexity index is 583. The van der Waals surface area contributed by atoms with Gasteiger partial charge in [-0.1, -0.05) is 0 Å². The van der Waals surface area contributed by atoms with E-state index in [1.54, 1.807) is 0 Å². The highest BCUT2D eigenvalue weighted by molar-refractivity contribution is 5.80. The van der Waals surface area contributed by atoms with Crippen LogP contribution >= 0.6 is 0 Å². The van der Waals surface area contributed by atoms with Crippen molar-refractivity contribution in [1.29, 1.82) is 0 Å². The molecule has 3 aliphatic rings. The standard InChI is InChI=1S/C17H27N5O/c1-21-10-14(8-19-21)22-6-2-3-13(9-22)20-17(23)15-11-4-5-12(7-11)16(15)18/h8,10-13,15-16H,2-7,9,18H2,1H3,(H,20,23). The van der Waals surface area contributed by atoms with Crippen molar-refractivity contribution in [3.05, 3.63) is 12.4 Å². The Labute approximate surface area is 137 Å². The molecule has 1 amide bonds. The van der Waals surface area contributed by atoms with Gasteiger partial charge < -0.3 is 16.0 Å². The molecule has 1 aliphatic heterocycles. The van der Waals surface area contributed by atoms with Gasteiger partial charge in [0.15, 0.2) is 0 Å². The molecule has 6 heteroatoms. The van der Waals surface area contributed by atoms with Gasteiger partial charge in [0.1, 0.15) is 0 Å². The average Bonchev–Trinajstić information content (AvgIpc) is 3.23. The molecule has 0 radical (unpaired) electrons. The molecule has 6 nitrogen and oxygen atoms in total. The summed E-state index contributed by atoms with van der Waals surface area (Å²) >= 11 is 0. The van der Waals surface area contributed by atoms with Crippen LogP contribution < -0.4 is 16.0 Å². The fourth-order valence-electron chi connectivity index (χ4n) is 4.92. The van der Waals surface area contributed by atoms with E-state index >= 15 is 0 Å². The van der Waals surface area contributed by atoms with Gasteiger partial charge in [-0.05, 0) is 43.9 Å². The third-order valence-corrected chi connectivity index (χ3v) is 6.11. The first kappa shape index (κ1) is 15.0. The quantitative estimate of drug-likeness (QED) is 0.868. The SMILES string of the molecule is Cn1cc(N2CCCC(NC(=O)C3C4CCC(C4)C3N)C2)cn1. The molecule has 3 N–H and O–H groups in total. The average molecular weight is 317 g/mol. The number of hydrogen-bond donors (Lipinski definition) is 2. The van der Waals surface area contributed by atoms with Gasteiger partial charge in [-0.25, -0.2) is 0 Å². The topological polar surface area (TPSA) is 76.2 Å². The lowest BCUT2D eigenvalue weighted by Gasteiger charge is -2.35. The van der Waals surface area contributed by atoms with Crippen molar-refractivity contribution in [2.75, 3.05) is 18.0 Å². The lowest BCUT2D eigenvalue weighted by Crippen LogP contribution is -2.52. The van der Waals surface area contributed by atoms with E-state index in [-0.39, 0.29) is 23.9 Å². The maximum absolute atomic E-state index is 12.7. The third-order valence-electron chi connectivity index (χ3n) is 6.11. The number of piperidine rings is 1. The maximum Gasteiger partial charge on any atom is 0.225 e. The van der Waals surface area contributed by atoms with Gasteiger partial charge in [-0.3, -0.25) is 9.48 Å². The maximum atomic E-state index is 12.7. The fourth-order valence-corrected chi connectivity index (χ4v) is 4.92. The largest absolute Gasteiger partial charge is 0.367 e. The molecule has 23 heavy (non-hydrogen) atoms. The first-order chi connectivity index (χ1) is 11.1. The van der Waals surface area contributed by atoms with Crippen LogP contribution in [0.5, 0.6) is 0 Å². The van der Waals surface area contributed by atoms with Crippen molar-refractivity contribution in [3.63, 3.8) is 0 Å². The normalized spacial score (nSPS) is 36.4. The molecule has 1 aromatic heterocycles. The zero-order chi connectivity index (χ0) is 16.0. The number of rotatable bonds is 3. The molecule has 0 aromatic carbocycles. The molecule has 3 fully saturated rings. The second-order valence-corrected chi connectivity index (χ2v) is 7.60. The van der Waals surface area contributed by atoms with Crippen LogP contribution in [0.4, 0.5) is 5.69 Å². The molecule has 5 atom stereocenters. The predicted octanol–water partition coefficient (Wildman–Crippen LogP) is 0.879. The van der Waals surface area contributed by atoms with Crippen molar-refractivity contribution in [2.45, 2.75) is 44.2 Å². The summed E-state index contributed by atoms with van der Waals surface area (Å²) in [6, 6.07) is 0.301. The minimum Gasteiger partial charge on any atom is -0.367 e. The van der Waals surface area contributed by atoms with Gasteiger partial charge in [0.2, 0.25) is 5.91 Å².